The number of methoxy groups -OCH3 is 1. The number of nitrogens with zero attached hydrogens (tertiary/aromatic N) is 3. The molecule has 2 amide bonds. The van der Waals surface area contributed by atoms with Crippen LogP contribution in [0.3, 0.4) is 0 Å². The van der Waals surface area contributed by atoms with E-state index in [4.69, 9.17) is 4.74 Å². The van der Waals surface area contributed by atoms with Gasteiger partial charge in [0.2, 0.25) is 5.91 Å². The summed E-state index contributed by atoms with van der Waals surface area (Å²) in [6.45, 7) is 4.20. The zero-order valence-electron chi connectivity index (χ0n) is 15.3. The van der Waals surface area contributed by atoms with E-state index in [1.807, 2.05) is 38.1 Å². The number of nitrogens with one attached hydrogen (secondary N) is 1. The lowest BCUT2D eigenvalue weighted by atomic mass is 10.1. The van der Waals surface area contributed by atoms with Crippen LogP contribution in [0, 0.1) is 6.92 Å². The molecular weight excluding hydrogens is 352 g/mol. The number of carbonyl (C=O) groups is 2. The van der Waals surface area contributed by atoms with Gasteiger partial charge in [0.25, 0.3) is 5.91 Å². The van der Waals surface area contributed by atoms with Crippen molar-refractivity contribution in [1.82, 2.24) is 9.88 Å². The number of para-hydroxylation sites is 2. The van der Waals surface area contributed by atoms with Gasteiger partial charge in [0.05, 0.1) is 18.5 Å². The molecule has 0 unspecified atom stereocenters. The number of thiazole rings is 1. The number of amides is 2. The summed E-state index contributed by atoms with van der Waals surface area (Å²) in [5.74, 6) is 0.365. The third-order valence-corrected chi connectivity index (χ3v) is 5.59. The minimum absolute atomic E-state index is 0.0320. The smallest absolute Gasteiger partial charge is 0.266 e. The van der Waals surface area contributed by atoms with Crippen molar-refractivity contribution in [3.63, 3.8) is 0 Å². The van der Waals surface area contributed by atoms with E-state index in [0.717, 1.165) is 5.69 Å². The summed E-state index contributed by atoms with van der Waals surface area (Å²) in [5.41, 5.74) is 1.40. The summed E-state index contributed by atoms with van der Waals surface area (Å²) in [4.78, 5) is 33.9. The Balaban J connectivity index is 1.83. The molecule has 0 aliphatic carbocycles. The van der Waals surface area contributed by atoms with E-state index in [9.17, 15) is 9.59 Å². The summed E-state index contributed by atoms with van der Waals surface area (Å²) in [5, 5.41) is 3.65. The predicted octanol–water partition coefficient (Wildman–Crippen LogP) is 2.38. The van der Waals surface area contributed by atoms with Crippen molar-refractivity contribution in [3.05, 3.63) is 34.8 Å². The number of aromatic nitrogens is 1. The molecule has 1 fully saturated rings. The summed E-state index contributed by atoms with van der Waals surface area (Å²) in [6, 6.07) is 7.29. The number of carbonyl (C=O) groups excluding carboxylic acids is 2. The van der Waals surface area contributed by atoms with Crippen molar-refractivity contribution >= 4 is 34.0 Å². The van der Waals surface area contributed by atoms with Crippen molar-refractivity contribution in [2.24, 2.45) is 0 Å². The lowest BCUT2D eigenvalue weighted by Crippen LogP contribution is -2.57. The quantitative estimate of drug-likeness (QED) is 0.889. The van der Waals surface area contributed by atoms with Crippen molar-refractivity contribution < 1.29 is 14.3 Å². The summed E-state index contributed by atoms with van der Waals surface area (Å²) < 4.78 is 5.37. The first-order valence-corrected chi connectivity index (χ1v) is 9.17. The van der Waals surface area contributed by atoms with Crippen LogP contribution in [0.5, 0.6) is 5.75 Å². The SMILES string of the molecule is CNc1nc(C)c(C(=O)N2CC(=O)N(c3ccccc3OC)C[C@H]2C)s1. The standard InChI is InChI=1S/C18H22N4O3S/c1-11-9-22(13-7-5-6-8-14(13)25-4)15(23)10-21(11)17(24)16-12(2)20-18(19-3)26-16/h5-8,11H,9-10H2,1-4H3,(H,19,20)/t11-/m1/s1. The number of hydrogen-bond acceptors (Lipinski definition) is 6. The topological polar surface area (TPSA) is 74.8 Å². The second-order valence-electron chi connectivity index (χ2n) is 6.14. The third-order valence-electron chi connectivity index (χ3n) is 4.43. The van der Waals surface area contributed by atoms with E-state index in [1.165, 1.54) is 11.3 Å². The van der Waals surface area contributed by atoms with Crippen LogP contribution in [0.1, 0.15) is 22.3 Å². The highest BCUT2D eigenvalue weighted by Gasteiger charge is 2.35. The molecule has 3 rings (SSSR count). The molecule has 2 aromatic rings. The van der Waals surface area contributed by atoms with Crippen LogP contribution in [0.4, 0.5) is 10.8 Å². The van der Waals surface area contributed by atoms with Gasteiger partial charge in [0.15, 0.2) is 5.13 Å². The second-order valence-corrected chi connectivity index (χ2v) is 7.14. The number of rotatable bonds is 4. The molecular formula is C18H22N4O3S. The normalized spacial score (nSPS) is 17.4. The maximum absolute atomic E-state index is 12.9. The minimum atomic E-state index is -0.151. The van der Waals surface area contributed by atoms with Gasteiger partial charge >= 0.3 is 0 Å². The Morgan fingerprint density at radius 2 is 2.12 bits per heavy atom. The van der Waals surface area contributed by atoms with Gasteiger partial charge in [-0.15, -0.1) is 0 Å². The lowest BCUT2D eigenvalue weighted by molar-refractivity contribution is -0.121. The Kier molecular flexibility index (Phi) is 5.13. The highest BCUT2D eigenvalue weighted by molar-refractivity contribution is 7.17. The number of hydrogen-bond donors (Lipinski definition) is 1. The highest BCUT2D eigenvalue weighted by atomic mass is 32.1. The van der Waals surface area contributed by atoms with Gasteiger partial charge in [-0.25, -0.2) is 4.98 Å². The lowest BCUT2D eigenvalue weighted by Gasteiger charge is -2.39. The zero-order valence-corrected chi connectivity index (χ0v) is 16.1. The van der Waals surface area contributed by atoms with E-state index >= 15 is 0 Å². The van der Waals surface area contributed by atoms with Crippen LogP contribution >= 0.6 is 11.3 Å². The van der Waals surface area contributed by atoms with Crippen LogP contribution in [0.2, 0.25) is 0 Å². The Bertz CT molecular complexity index is 836. The monoisotopic (exact) mass is 374 g/mol. The predicted molar refractivity (Wildman–Crippen MR) is 102 cm³/mol. The van der Waals surface area contributed by atoms with Gasteiger partial charge in [-0.2, -0.15) is 0 Å². The second kappa shape index (κ2) is 7.33. The van der Waals surface area contributed by atoms with Gasteiger partial charge < -0.3 is 19.9 Å². The van der Waals surface area contributed by atoms with Crippen molar-refractivity contribution in [2.75, 3.05) is 37.5 Å². The Hall–Kier alpha value is -2.61. The van der Waals surface area contributed by atoms with Crippen LogP contribution in [-0.4, -0.2) is 55.0 Å². The Morgan fingerprint density at radius 1 is 1.38 bits per heavy atom. The van der Waals surface area contributed by atoms with Crippen molar-refractivity contribution in [1.29, 1.82) is 0 Å². The van der Waals surface area contributed by atoms with E-state index in [2.05, 4.69) is 10.3 Å². The van der Waals surface area contributed by atoms with Crippen LogP contribution in [0.15, 0.2) is 24.3 Å². The van der Waals surface area contributed by atoms with E-state index in [1.54, 1.807) is 24.0 Å². The molecule has 2 heterocycles. The largest absolute Gasteiger partial charge is 0.495 e. The van der Waals surface area contributed by atoms with Gasteiger partial charge in [-0.3, -0.25) is 9.59 Å². The molecule has 0 spiro atoms. The van der Waals surface area contributed by atoms with E-state index < -0.39 is 0 Å². The van der Waals surface area contributed by atoms with Crippen LogP contribution in [-0.2, 0) is 4.79 Å². The molecule has 1 aliphatic rings. The van der Waals surface area contributed by atoms with Crippen LogP contribution in [0.25, 0.3) is 0 Å². The molecule has 1 aromatic carbocycles. The Labute approximate surface area is 156 Å². The van der Waals surface area contributed by atoms with E-state index in [-0.39, 0.29) is 24.4 Å². The molecule has 1 atom stereocenters. The molecule has 1 aliphatic heterocycles. The zero-order chi connectivity index (χ0) is 18.8. The average Bonchev–Trinajstić information content (AvgIpc) is 3.03. The summed E-state index contributed by atoms with van der Waals surface area (Å²) in [7, 11) is 3.35. The molecule has 138 valence electrons. The van der Waals surface area contributed by atoms with Gasteiger partial charge in [-0.1, -0.05) is 23.5 Å². The molecule has 1 aromatic heterocycles. The first-order valence-electron chi connectivity index (χ1n) is 8.35. The maximum atomic E-state index is 12.9. The first kappa shape index (κ1) is 18.2. The van der Waals surface area contributed by atoms with Gasteiger partial charge in [0, 0.05) is 19.6 Å². The number of piperazine rings is 1. The first-order chi connectivity index (χ1) is 12.5. The molecule has 0 bridgehead atoms. The fraction of sp³-hybridized carbons (Fsp3) is 0.389. The molecule has 0 saturated carbocycles. The van der Waals surface area contributed by atoms with Gasteiger partial charge in [-0.05, 0) is 26.0 Å². The molecule has 1 N–H and O–H groups in total. The molecule has 8 heteroatoms. The number of aryl methyl sites for hydroxylation is 1. The average molecular weight is 374 g/mol. The fourth-order valence-electron chi connectivity index (χ4n) is 3.04. The molecule has 7 nitrogen and oxygen atoms in total. The minimum Gasteiger partial charge on any atom is -0.495 e. The van der Waals surface area contributed by atoms with Crippen molar-refractivity contribution in [3.8, 4) is 5.75 Å². The number of benzene rings is 1. The number of ether oxygens (including phenoxy) is 1. The fourth-order valence-corrected chi connectivity index (χ4v) is 3.92. The van der Waals surface area contributed by atoms with Gasteiger partial charge in [0.1, 0.15) is 17.2 Å². The van der Waals surface area contributed by atoms with E-state index in [0.29, 0.717) is 28.0 Å². The molecule has 1 saturated heterocycles. The van der Waals surface area contributed by atoms with Crippen molar-refractivity contribution in [2.45, 2.75) is 19.9 Å². The summed E-state index contributed by atoms with van der Waals surface area (Å²) >= 11 is 1.31. The summed E-state index contributed by atoms with van der Waals surface area (Å²) in [6.07, 6.45) is 0. The van der Waals surface area contributed by atoms with Crippen LogP contribution < -0.4 is 15.0 Å². The maximum Gasteiger partial charge on any atom is 0.266 e. The molecule has 26 heavy (non-hydrogen) atoms. The highest BCUT2D eigenvalue weighted by Crippen LogP contribution is 2.31. The Morgan fingerprint density at radius 3 is 2.77 bits per heavy atom. The molecule has 0 radical (unpaired) electrons. The third kappa shape index (κ3) is 3.24. The number of anilines is 2.